The van der Waals surface area contributed by atoms with Crippen LogP contribution in [0.15, 0.2) is 42.6 Å². The molecule has 0 aliphatic carbocycles. The van der Waals surface area contributed by atoms with Gasteiger partial charge in [0.05, 0.1) is 6.61 Å². The Labute approximate surface area is 206 Å². The first-order chi connectivity index (χ1) is 17.2. The highest BCUT2D eigenvalue weighted by Crippen LogP contribution is 2.32. The number of hydrogen-bond donors (Lipinski definition) is 1. The number of likely N-dealkylation sites (tertiary alicyclic amines) is 1. The average Bonchev–Trinajstić information content (AvgIpc) is 2.88. The van der Waals surface area contributed by atoms with Crippen molar-refractivity contribution < 1.29 is 24.2 Å². The van der Waals surface area contributed by atoms with Crippen molar-refractivity contribution in [3.05, 3.63) is 48.2 Å². The number of rotatable bonds is 4. The molecule has 0 spiro atoms. The summed E-state index contributed by atoms with van der Waals surface area (Å²) in [5.41, 5.74) is 0.328. The molecule has 2 aromatic rings. The highest BCUT2D eigenvalue weighted by molar-refractivity contribution is 5.98. The average molecular weight is 482 g/mol. The van der Waals surface area contributed by atoms with Crippen LogP contribution in [-0.4, -0.2) is 71.1 Å². The molecule has 2 aliphatic heterocycles. The van der Waals surface area contributed by atoms with Gasteiger partial charge in [0, 0.05) is 32.4 Å². The van der Waals surface area contributed by atoms with Crippen LogP contribution in [0.2, 0.25) is 0 Å². The first-order valence-electron chi connectivity index (χ1n) is 12.7. The molecule has 0 radical (unpaired) electrons. The van der Waals surface area contributed by atoms with Crippen molar-refractivity contribution in [2.24, 2.45) is 5.92 Å². The van der Waals surface area contributed by atoms with Crippen LogP contribution < -0.4 is 9.47 Å². The molecule has 0 atom stereocenters. The van der Waals surface area contributed by atoms with Crippen LogP contribution in [0.4, 0.5) is 0 Å². The SMILES string of the molecule is O=C(CN1CCCCCCOc2ccccc2Oc2ncccc2C1=O)N1CCC(CCO)CC1. The number of aliphatic hydroxyl groups is 1. The zero-order valence-electron chi connectivity index (χ0n) is 20.2. The molecule has 2 amide bonds. The van der Waals surface area contributed by atoms with Crippen molar-refractivity contribution in [1.29, 1.82) is 0 Å². The van der Waals surface area contributed by atoms with E-state index < -0.39 is 0 Å². The molecule has 1 aromatic heterocycles. The summed E-state index contributed by atoms with van der Waals surface area (Å²) in [6.45, 7) is 2.65. The summed E-state index contributed by atoms with van der Waals surface area (Å²) in [4.78, 5) is 34.6. The monoisotopic (exact) mass is 481 g/mol. The third-order valence-electron chi connectivity index (χ3n) is 6.76. The Morgan fingerprint density at radius 3 is 2.57 bits per heavy atom. The summed E-state index contributed by atoms with van der Waals surface area (Å²) in [5, 5.41) is 9.19. The van der Waals surface area contributed by atoms with Gasteiger partial charge in [-0.15, -0.1) is 0 Å². The van der Waals surface area contributed by atoms with Gasteiger partial charge in [0.1, 0.15) is 12.1 Å². The molecule has 0 bridgehead atoms. The fraction of sp³-hybridized carbons (Fsp3) is 0.519. The van der Waals surface area contributed by atoms with Crippen LogP contribution >= 0.6 is 0 Å². The Hall–Kier alpha value is -3.13. The van der Waals surface area contributed by atoms with Gasteiger partial charge in [-0.05, 0) is 62.3 Å². The molecule has 1 aromatic carbocycles. The molecule has 1 saturated heterocycles. The Balaban J connectivity index is 1.53. The van der Waals surface area contributed by atoms with Crippen LogP contribution in [0.25, 0.3) is 0 Å². The first-order valence-corrected chi connectivity index (χ1v) is 12.7. The maximum absolute atomic E-state index is 13.7. The predicted octanol–water partition coefficient (Wildman–Crippen LogP) is 3.89. The van der Waals surface area contributed by atoms with E-state index in [4.69, 9.17) is 9.47 Å². The van der Waals surface area contributed by atoms with Crippen LogP contribution in [0.1, 0.15) is 55.3 Å². The van der Waals surface area contributed by atoms with Crippen LogP contribution in [0, 0.1) is 5.92 Å². The summed E-state index contributed by atoms with van der Waals surface area (Å²) in [6.07, 6.45) is 7.80. The van der Waals surface area contributed by atoms with Crippen molar-refractivity contribution in [2.75, 3.05) is 39.4 Å². The smallest absolute Gasteiger partial charge is 0.259 e. The second-order valence-electron chi connectivity index (χ2n) is 9.23. The number of ether oxygens (including phenoxy) is 2. The van der Waals surface area contributed by atoms with Gasteiger partial charge >= 0.3 is 0 Å². The molecule has 1 fully saturated rings. The van der Waals surface area contributed by atoms with Gasteiger partial charge < -0.3 is 24.4 Å². The largest absolute Gasteiger partial charge is 0.490 e. The van der Waals surface area contributed by atoms with E-state index in [1.165, 1.54) is 0 Å². The number of pyridine rings is 1. The summed E-state index contributed by atoms with van der Waals surface area (Å²) in [7, 11) is 0. The second kappa shape index (κ2) is 12.5. The highest BCUT2D eigenvalue weighted by Gasteiger charge is 2.27. The van der Waals surface area contributed by atoms with Crippen molar-refractivity contribution in [3.63, 3.8) is 0 Å². The third kappa shape index (κ3) is 6.72. The van der Waals surface area contributed by atoms with E-state index in [1.807, 2.05) is 23.1 Å². The topological polar surface area (TPSA) is 92.2 Å². The van der Waals surface area contributed by atoms with Gasteiger partial charge in [0.2, 0.25) is 11.8 Å². The second-order valence-corrected chi connectivity index (χ2v) is 9.23. The maximum Gasteiger partial charge on any atom is 0.259 e. The van der Waals surface area contributed by atoms with Crippen LogP contribution in [0.3, 0.4) is 0 Å². The number of piperidine rings is 1. The van der Waals surface area contributed by atoms with Crippen molar-refractivity contribution in [1.82, 2.24) is 14.8 Å². The molecule has 188 valence electrons. The summed E-state index contributed by atoms with van der Waals surface area (Å²) in [6, 6.07) is 10.8. The molecule has 35 heavy (non-hydrogen) atoms. The van der Waals surface area contributed by atoms with Gasteiger partial charge in [-0.1, -0.05) is 25.0 Å². The van der Waals surface area contributed by atoms with E-state index in [1.54, 1.807) is 29.3 Å². The van der Waals surface area contributed by atoms with E-state index in [0.29, 0.717) is 49.2 Å². The molecule has 8 heteroatoms. The number of aliphatic hydroxyl groups excluding tert-OH is 1. The van der Waals surface area contributed by atoms with Gasteiger partial charge in [-0.2, -0.15) is 0 Å². The molecule has 8 nitrogen and oxygen atoms in total. The number of para-hydroxylation sites is 2. The van der Waals surface area contributed by atoms with Crippen molar-refractivity contribution in [3.8, 4) is 17.4 Å². The normalized spacial score (nSPS) is 18.0. The molecule has 2 aliphatic rings. The summed E-state index contributed by atoms with van der Waals surface area (Å²) < 4.78 is 12.0. The van der Waals surface area contributed by atoms with Crippen molar-refractivity contribution >= 4 is 11.8 Å². The quantitative estimate of drug-likeness (QED) is 0.712. The number of carbonyl (C=O) groups excluding carboxylic acids is 2. The van der Waals surface area contributed by atoms with E-state index >= 15 is 0 Å². The Kier molecular flexibility index (Phi) is 8.95. The van der Waals surface area contributed by atoms with Gasteiger partial charge in [-0.25, -0.2) is 4.98 Å². The van der Waals surface area contributed by atoms with Gasteiger partial charge in [0.15, 0.2) is 11.5 Å². The minimum Gasteiger partial charge on any atom is -0.490 e. The zero-order valence-corrected chi connectivity index (χ0v) is 20.2. The van der Waals surface area contributed by atoms with E-state index in [9.17, 15) is 14.7 Å². The first kappa shape index (κ1) is 25.0. The van der Waals surface area contributed by atoms with Crippen LogP contribution in [0.5, 0.6) is 17.4 Å². The number of hydrogen-bond acceptors (Lipinski definition) is 6. The minimum atomic E-state index is -0.257. The predicted molar refractivity (Wildman–Crippen MR) is 132 cm³/mol. The van der Waals surface area contributed by atoms with E-state index in [0.717, 1.165) is 44.9 Å². The number of amides is 2. The standard InChI is InChI=1S/C27H35N3O5/c31-18-13-21-11-16-29(17-12-21)25(32)20-30-15-5-1-2-6-19-34-23-9-3-4-10-24(23)35-26-22(27(30)33)8-7-14-28-26/h3-4,7-10,14,21,31H,1-2,5-6,11-13,15-20H2. The van der Waals surface area contributed by atoms with E-state index in [-0.39, 0.29) is 30.8 Å². The maximum atomic E-state index is 13.7. The van der Waals surface area contributed by atoms with Crippen LogP contribution in [-0.2, 0) is 4.79 Å². The lowest BCUT2D eigenvalue weighted by Crippen LogP contribution is -2.46. The Bertz CT molecular complexity index is 990. The number of carbonyl (C=O) groups is 2. The minimum absolute atomic E-state index is 0.0352. The molecule has 3 heterocycles. The molecular formula is C27H35N3O5. The molecular weight excluding hydrogens is 446 g/mol. The molecule has 0 unspecified atom stereocenters. The summed E-state index contributed by atoms with van der Waals surface area (Å²) >= 11 is 0. The fourth-order valence-electron chi connectivity index (χ4n) is 4.67. The fourth-order valence-corrected chi connectivity index (χ4v) is 4.67. The molecule has 4 rings (SSSR count). The Morgan fingerprint density at radius 2 is 1.77 bits per heavy atom. The summed E-state index contributed by atoms with van der Waals surface area (Å²) in [5.74, 6) is 1.49. The van der Waals surface area contributed by atoms with E-state index in [2.05, 4.69) is 4.98 Å². The zero-order chi connectivity index (χ0) is 24.5. The van der Waals surface area contributed by atoms with Crippen molar-refractivity contribution in [2.45, 2.75) is 44.9 Å². The number of aromatic nitrogens is 1. The lowest BCUT2D eigenvalue weighted by molar-refractivity contribution is -0.133. The lowest BCUT2D eigenvalue weighted by Gasteiger charge is -2.33. The number of fused-ring (bicyclic) bond motifs is 2. The highest BCUT2D eigenvalue weighted by atomic mass is 16.5. The number of benzene rings is 1. The lowest BCUT2D eigenvalue weighted by atomic mass is 9.94. The molecule has 1 N–H and O–H groups in total. The Morgan fingerprint density at radius 1 is 1.00 bits per heavy atom. The van der Waals surface area contributed by atoms with Gasteiger partial charge in [0.25, 0.3) is 5.91 Å². The molecule has 0 saturated carbocycles. The number of nitrogens with zero attached hydrogens (tertiary/aromatic N) is 3. The van der Waals surface area contributed by atoms with Gasteiger partial charge in [-0.3, -0.25) is 9.59 Å². The third-order valence-corrected chi connectivity index (χ3v) is 6.76.